The molecule has 0 spiro atoms. The molecule has 0 saturated carbocycles. The number of nitrogens with one attached hydrogen (secondary N) is 1. The third-order valence-corrected chi connectivity index (χ3v) is 5.07. The Kier molecular flexibility index (Phi) is 5.39. The molecule has 0 radical (unpaired) electrons. The summed E-state index contributed by atoms with van der Waals surface area (Å²) in [5, 5.41) is 2.96. The van der Waals surface area contributed by atoms with E-state index < -0.39 is 0 Å². The summed E-state index contributed by atoms with van der Waals surface area (Å²) in [6, 6.07) is 16.9. The van der Waals surface area contributed by atoms with E-state index in [0.717, 1.165) is 22.4 Å². The number of aromatic nitrogens is 2. The van der Waals surface area contributed by atoms with Crippen LogP contribution in [0.5, 0.6) is 0 Å². The van der Waals surface area contributed by atoms with Crippen molar-refractivity contribution in [1.29, 1.82) is 0 Å². The molecular weight excluding hydrogens is 376 g/mol. The van der Waals surface area contributed by atoms with Crippen LogP contribution in [0.15, 0.2) is 67.0 Å². The van der Waals surface area contributed by atoms with E-state index in [4.69, 9.17) is 0 Å². The van der Waals surface area contributed by atoms with Gasteiger partial charge in [-0.25, -0.2) is 9.97 Å². The number of aryl methyl sites for hydroxylation is 1. The first-order chi connectivity index (χ1) is 14.5. The molecule has 6 nitrogen and oxygen atoms in total. The van der Waals surface area contributed by atoms with Crippen molar-refractivity contribution in [3.05, 3.63) is 83.9 Å². The molecule has 2 amide bonds. The quantitative estimate of drug-likeness (QED) is 0.709. The van der Waals surface area contributed by atoms with Gasteiger partial charge in [-0.2, -0.15) is 0 Å². The Morgan fingerprint density at radius 3 is 2.73 bits per heavy atom. The number of benzene rings is 2. The number of carbonyl (C=O) groups is 2. The molecule has 1 atom stereocenters. The highest BCUT2D eigenvalue weighted by Gasteiger charge is 2.28. The van der Waals surface area contributed by atoms with Crippen molar-refractivity contribution in [2.24, 2.45) is 0 Å². The first-order valence-electron chi connectivity index (χ1n) is 9.77. The third kappa shape index (κ3) is 4.12. The van der Waals surface area contributed by atoms with E-state index in [1.165, 1.54) is 6.92 Å². The summed E-state index contributed by atoms with van der Waals surface area (Å²) >= 11 is 0. The summed E-state index contributed by atoms with van der Waals surface area (Å²) < 4.78 is 0. The minimum absolute atomic E-state index is 0.0975. The van der Waals surface area contributed by atoms with Crippen molar-refractivity contribution in [1.82, 2.24) is 14.9 Å². The van der Waals surface area contributed by atoms with Crippen LogP contribution < -0.4 is 5.32 Å². The number of anilines is 1. The smallest absolute Gasteiger partial charge is 0.226 e. The maximum atomic E-state index is 12.9. The number of hydrogen-bond donors (Lipinski definition) is 1. The minimum atomic E-state index is -0.337. The maximum absolute atomic E-state index is 12.9. The minimum Gasteiger partial charge on any atom is -0.326 e. The predicted octanol–water partition coefficient (Wildman–Crippen LogP) is 4.35. The standard InChI is InChI=1S/C24H22N4O2/c1-16-25-12-10-22(26-16)19-7-5-8-20(14-19)27-24(30)15-23-21-9-4-3-6-18(21)11-13-28(23)17(2)29/h3-14,23H,15H2,1-2H3,(H,27,30)/t23-/m1/s1. The molecule has 6 heteroatoms. The van der Waals surface area contributed by atoms with Gasteiger partial charge < -0.3 is 10.2 Å². The lowest BCUT2D eigenvalue weighted by Crippen LogP contribution is -2.33. The number of carbonyl (C=O) groups excluding carboxylic acids is 2. The summed E-state index contributed by atoms with van der Waals surface area (Å²) in [5.41, 5.74) is 4.37. The average Bonchev–Trinajstić information content (AvgIpc) is 2.74. The number of amides is 2. The van der Waals surface area contributed by atoms with Crippen molar-refractivity contribution in [2.75, 3.05) is 5.32 Å². The molecule has 30 heavy (non-hydrogen) atoms. The molecule has 0 aliphatic carbocycles. The lowest BCUT2D eigenvalue weighted by Gasteiger charge is -2.32. The van der Waals surface area contributed by atoms with E-state index >= 15 is 0 Å². The number of nitrogens with zero attached hydrogens (tertiary/aromatic N) is 3. The molecule has 4 rings (SSSR count). The van der Waals surface area contributed by atoms with Crippen LogP contribution in [0.4, 0.5) is 5.69 Å². The van der Waals surface area contributed by atoms with Gasteiger partial charge >= 0.3 is 0 Å². The first kappa shape index (κ1) is 19.5. The molecule has 2 heterocycles. The number of fused-ring (bicyclic) bond motifs is 1. The first-order valence-corrected chi connectivity index (χ1v) is 9.77. The maximum Gasteiger partial charge on any atom is 0.226 e. The molecule has 0 saturated heterocycles. The Hall–Kier alpha value is -3.80. The molecular formula is C24H22N4O2. The molecule has 0 bridgehead atoms. The van der Waals surface area contributed by atoms with E-state index in [0.29, 0.717) is 11.5 Å². The van der Waals surface area contributed by atoms with Gasteiger partial charge in [0.05, 0.1) is 18.2 Å². The van der Waals surface area contributed by atoms with Gasteiger partial charge in [0.1, 0.15) is 5.82 Å². The number of hydrogen-bond acceptors (Lipinski definition) is 4. The second-order valence-electron chi connectivity index (χ2n) is 7.21. The zero-order valence-corrected chi connectivity index (χ0v) is 16.9. The zero-order valence-electron chi connectivity index (χ0n) is 16.9. The summed E-state index contributed by atoms with van der Waals surface area (Å²) in [6.07, 6.45) is 5.53. The molecule has 1 aliphatic heterocycles. The Morgan fingerprint density at radius 1 is 1.10 bits per heavy atom. The molecule has 1 N–H and O–H groups in total. The van der Waals surface area contributed by atoms with Gasteiger partial charge in [-0.15, -0.1) is 0 Å². The van der Waals surface area contributed by atoms with Crippen LogP contribution in [0, 0.1) is 6.92 Å². The van der Waals surface area contributed by atoms with Crippen molar-refractivity contribution in [2.45, 2.75) is 26.3 Å². The fourth-order valence-electron chi connectivity index (χ4n) is 3.67. The third-order valence-electron chi connectivity index (χ3n) is 5.07. The van der Waals surface area contributed by atoms with Gasteiger partial charge in [0.25, 0.3) is 0 Å². The molecule has 1 aliphatic rings. The molecule has 150 valence electrons. The van der Waals surface area contributed by atoms with Gasteiger partial charge in [-0.05, 0) is 42.3 Å². The van der Waals surface area contributed by atoms with Crippen LogP contribution in [0.25, 0.3) is 17.3 Å². The second-order valence-corrected chi connectivity index (χ2v) is 7.21. The SMILES string of the molecule is CC(=O)N1C=Cc2ccccc2[C@H]1CC(=O)Nc1cccc(-c2ccnc(C)n2)c1. The zero-order chi connectivity index (χ0) is 21.1. The topological polar surface area (TPSA) is 75.2 Å². The van der Waals surface area contributed by atoms with Crippen LogP contribution in [-0.4, -0.2) is 26.7 Å². The van der Waals surface area contributed by atoms with Crippen LogP contribution in [0.1, 0.15) is 36.3 Å². The van der Waals surface area contributed by atoms with Crippen molar-refractivity contribution < 1.29 is 9.59 Å². The van der Waals surface area contributed by atoms with Gasteiger partial charge in [-0.1, -0.05) is 36.4 Å². The Bertz CT molecular complexity index is 1140. The Balaban J connectivity index is 1.54. The molecule has 3 aromatic rings. The summed E-state index contributed by atoms with van der Waals surface area (Å²) in [7, 11) is 0. The lowest BCUT2D eigenvalue weighted by atomic mass is 9.93. The molecule has 2 aromatic carbocycles. The molecule has 0 fully saturated rings. The van der Waals surface area contributed by atoms with Crippen LogP contribution in [-0.2, 0) is 9.59 Å². The summed E-state index contributed by atoms with van der Waals surface area (Å²) in [4.78, 5) is 35.2. The van der Waals surface area contributed by atoms with E-state index in [1.54, 1.807) is 17.3 Å². The van der Waals surface area contributed by atoms with E-state index in [1.807, 2.05) is 67.6 Å². The van der Waals surface area contributed by atoms with E-state index in [2.05, 4.69) is 15.3 Å². The van der Waals surface area contributed by atoms with Crippen molar-refractivity contribution in [3.8, 4) is 11.3 Å². The summed E-state index contributed by atoms with van der Waals surface area (Å²) in [5.74, 6) is 0.433. The largest absolute Gasteiger partial charge is 0.326 e. The fraction of sp³-hybridized carbons (Fsp3) is 0.167. The average molecular weight is 398 g/mol. The van der Waals surface area contributed by atoms with Gasteiger partial charge in [0.15, 0.2) is 0 Å². The van der Waals surface area contributed by atoms with Crippen LogP contribution >= 0.6 is 0 Å². The normalized spacial score (nSPS) is 14.9. The second kappa shape index (κ2) is 8.29. The van der Waals surface area contributed by atoms with E-state index in [9.17, 15) is 9.59 Å². The highest BCUT2D eigenvalue weighted by Crippen LogP contribution is 2.33. The van der Waals surface area contributed by atoms with Gasteiger partial charge in [0, 0.05) is 30.6 Å². The van der Waals surface area contributed by atoms with Crippen LogP contribution in [0.3, 0.4) is 0 Å². The Labute approximate surface area is 175 Å². The number of rotatable bonds is 4. The van der Waals surface area contributed by atoms with Crippen molar-refractivity contribution in [3.63, 3.8) is 0 Å². The van der Waals surface area contributed by atoms with Crippen LogP contribution in [0.2, 0.25) is 0 Å². The van der Waals surface area contributed by atoms with E-state index in [-0.39, 0.29) is 24.3 Å². The molecule has 0 unspecified atom stereocenters. The highest BCUT2D eigenvalue weighted by atomic mass is 16.2. The molecule has 1 aromatic heterocycles. The Morgan fingerprint density at radius 2 is 1.93 bits per heavy atom. The lowest BCUT2D eigenvalue weighted by molar-refractivity contribution is -0.129. The van der Waals surface area contributed by atoms with Gasteiger partial charge in [0.2, 0.25) is 11.8 Å². The monoisotopic (exact) mass is 398 g/mol. The fourth-order valence-corrected chi connectivity index (χ4v) is 3.67. The predicted molar refractivity (Wildman–Crippen MR) is 116 cm³/mol. The summed E-state index contributed by atoms with van der Waals surface area (Å²) in [6.45, 7) is 3.35. The van der Waals surface area contributed by atoms with Crippen molar-refractivity contribution >= 4 is 23.6 Å². The van der Waals surface area contributed by atoms with Gasteiger partial charge in [-0.3, -0.25) is 9.59 Å². The highest BCUT2D eigenvalue weighted by molar-refractivity contribution is 5.92.